The van der Waals surface area contributed by atoms with Gasteiger partial charge in [-0.15, -0.1) is 11.3 Å². The number of likely N-dealkylation sites (tertiary alicyclic amines) is 1. The maximum atomic E-state index is 12.6. The van der Waals surface area contributed by atoms with E-state index in [0.29, 0.717) is 43.1 Å². The third-order valence-corrected chi connectivity index (χ3v) is 5.45. The Balaban J connectivity index is 1.99. The molecule has 0 atom stereocenters. The van der Waals surface area contributed by atoms with Crippen molar-refractivity contribution in [3.63, 3.8) is 0 Å². The van der Waals surface area contributed by atoms with Crippen LogP contribution in [0.4, 0.5) is 9.80 Å². The van der Waals surface area contributed by atoms with Crippen LogP contribution in [0.5, 0.6) is 0 Å². The first kappa shape index (κ1) is 20.2. The molecule has 2 amide bonds. The lowest BCUT2D eigenvalue weighted by Gasteiger charge is -2.30. The molecule has 26 heavy (non-hydrogen) atoms. The molecule has 7 nitrogen and oxygen atoms in total. The molecule has 0 radical (unpaired) electrons. The number of esters is 1. The van der Waals surface area contributed by atoms with Crippen molar-refractivity contribution in [2.75, 3.05) is 31.6 Å². The molecule has 1 aliphatic rings. The summed E-state index contributed by atoms with van der Waals surface area (Å²) in [5, 5.41) is 3.43. The first-order valence-corrected chi connectivity index (χ1v) is 9.84. The number of carbonyl (C=O) groups is 3. The first-order valence-electron chi connectivity index (χ1n) is 9.02. The summed E-state index contributed by atoms with van der Waals surface area (Å²) in [4.78, 5) is 39.1. The molecule has 0 saturated carbocycles. The molecule has 2 heterocycles. The summed E-state index contributed by atoms with van der Waals surface area (Å²) < 4.78 is 10.1. The highest BCUT2D eigenvalue weighted by atomic mass is 32.1. The van der Waals surface area contributed by atoms with Crippen LogP contribution < -0.4 is 5.32 Å². The molecule has 1 aliphatic heterocycles. The number of amides is 2. The lowest BCUT2D eigenvalue weighted by Crippen LogP contribution is -2.41. The normalized spacial score (nSPS) is 14.8. The molecule has 1 aromatic heterocycles. The van der Waals surface area contributed by atoms with E-state index in [-0.39, 0.29) is 24.5 Å². The fourth-order valence-electron chi connectivity index (χ4n) is 2.82. The van der Waals surface area contributed by atoms with Crippen molar-refractivity contribution < 1.29 is 23.9 Å². The molecule has 0 bridgehead atoms. The molecule has 144 valence electrons. The smallest absolute Gasteiger partial charge is 0.409 e. The van der Waals surface area contributed by atoms with Crippen molar-refractivity contribution in [3.05, 3.63) is 16.5 Å². The second-order valence-electron chi connectivity index (χ2n) is 5.98. The first-order chi connectivity index (χ1) is 12.5. The number of aryl methyl sites for hydroxylation is 1. The number of piperidine rings is 1. The fourth-order valence-corrected chi connectivity index (χ4v) is 3.81. The van der Waals surface area contributed by atoms with E-state index in [0.717, 1.165) is 11.3 Å². The molecule has 0 aromatic carbocycles. The highest BCUT2D eigenvalue weighted by molar-refractivity contribution is 7.16. The van der Waals surface area contributed by atoms with Crippen LogP contribution in [0.3, 0.4) is 0 Å². The highest BCUT2D eigenvalue weighted by Crippen LogP contribution is 2.30. The number of nitrogens with one attached hydrogen (secondary N) is 1. The Bertz CT molecular complexity index is 650. The van der Waals surface area contributed by atoms with Gasteiger partial charge in [-0.05, 0) is 39.2 Å². The van der Waals surface area contributed by atoms with E-state index in [9.17, 15) is 14.4 Å². The topological polar surface area (TPSA) is 84.9 Å². The van der Waals surface area contributed by atoms with Gasteiger partial charge in [-0.25, -0.2) is 9.59 Å². The molecule has 1 fully saturated rings. The predicted molar refractivity (Wildman–Crippen MR) is 99.6 cm³/mol. The molecular weight excluding hydrogens is 356 g/mol. The molecule has 8 heteroatoms. The summed E-state index contributed by atoms with van der Waals surface area (Å²) in [5.41, 5.74) is 0.408. The van der Waals surface area contributed by atoms with Gasteiger partial charge in [-0.3, -0.25) is 4.79 Å². The summed E-state index contributed by atoms with van der Waals surface area (Å²) in [6.45, 7) is 7.13. The standard InChI is InChI=1S/C18H26N2O5S/c1-4-13-11-14(17(22)24-5-2)16(26-13)19-15(21)12-7-9-20(10-8-12)18(23)25-6-3/h11-12H,4-10H2,1-3H3,(H,19,21). The second-order valence-corrected chi connectivity index (χ2v) is 7.12. The average Bonchev–Trinajstić information content (AvgIpc) is 3.05. The molecule has 0 spiro atoms. The lowest BCUT2D eigenvalue weighted by atomic mass is 9.96. The number of ether oxygens (including phenoxy) is 2. The SMILES string of the molecule is CCOC(=O)c1cc(CC)sc1NC(=O)C1CCN(C(=O)OCC)CC1. The Morgan fingerprint density at radius 3 is 2.38 bits per heavy atom. The Morgan fingerprint density at radius 2 is 1.81 bits per heavy atom. The summed E-state index contributed by atoms with van der Waals surface area (Å²) >= 11 is 1.40. The summed E-state index contributed by atoms with van der Waals surface area (Å²) in [6, 6.07) is 1.78. The molecule has 1 aromatic rings. The Labute approximate surface area is 157 Å². The second kappa shape index (κ2) is 9.56. The molecule has 0 aliphatic carbocycles. The lowest BCUT2D eigenvalue weighted by molar-refractivity contribution is -0.121. The van der Waals surface area contributed by atoms with Crippen LogP contribution in [0, 0.1) is 5.92 Å². The van der Waals surface area contributed by atoms with E-state index < -0.39 is 5.97 Å². The number of anilines is 1. The molecule has 0 unspecified atom stereocenters. The molecule has 2 rings (SSSR count). The van der Waals surface area contributed by atoms with Crippen LogP contribution in [0.15, 0.2) is 6.07 Å². The number of thiophene rings is 1. The van der Waals surface area contributed by atoms with Crippen LogP contribution in [0.2, 0.25) is 0 Å². The zero-order valence-corrected chi connectivity index (χ0v) is 16.3. The van der Waals surface area contributed by atoms with Crippen LogP contribution >= 0.6 is 11.3 Å². The van der Waals surface area contributed by atoms with E-state index in [1.807, 2.05) is 6.92 Å². The number of nitrogens with zero attached hydrogens (tertiary/aromatic N) is 1. The van der Waals surface area contributed by atoms with Crippen molar-refractivity contribution in [2.24, 2.45) is 5.92 Å². The summed E-state index contributed by atoms with van der Waals surface area (Å²) in [7, 11) is 0. The minimum absolute atomic E-state index is 0.122. The highest BCUT2D eigenvalue weighted by Gasteiger charge is 2.29. The largest absolute Gasteiger partial charge is 0.462 e. The monoisotopic (exact) mass is 382 g/mol. The zero-order valence-electron chi connectivity index (χ0n) is 15.5. The van der Waals surface area contributed by atoms with Gasteiger partial charge in [0.05, 0.1) is 18.8 Å². The number of carbonyl (C=O) groups excluding carboxylic acids is 3. The minimum Gasteiger partial charge on any atom is -0.462 e. The van der Waals surface area contributed by atoms with Crippen LogP contribution in [0.25, 0.3) is 0 Å². The van der Waals surface area contributed by atoms with Gasteiger partial charge in [-0.2, -0.15) is 0 Å². The fraction of sp³-hybridized carbons (Fsp3) is 0.611. The van der Waals surface area contributed by atoms with E-state index >= 15 is 0 Å². The van der Waals surface area contributed by atoms with Crippen LogP contribution in [0.1, 0.15) is 48.8 Å². The van der Waals surface area contributed by atoms with Crippen molar-refractivity contribution in [2.45, 2.75) is 40.0 Å². The van der Waals surface area contributed by atoms with Crippen molar-refractivity contribution in [1.29, 1.82) is 0 Å². The van der Waals surface area contributed by atoms with Gasteiger partial charge in [0.2, 0.25) is 5.91 Å². The van der Waals surface area contributed by atoms with E-state index in [1.165, 1.54) is 11.3 Å². The summed E-state index contributed by atoms with van der Waals surface area (Å²) in [5.74, 6) is -0.734. The van der Waals surface area contributed by atoms with E-state index in [4.69, 9.17) is 9.47 Å². The van der Waals surface area contributed by atoms with Crippen LogP contribution in [-0.2, 0) is 20.7 Å². The average molecular weight is 382 g/mol. The Morgan fingerprint density at radius 1 is 1.15 bits per heavy atom. The zero-order chi connectivity index (χ0) is 19.1. The Kier molecular flexibility index (Phi) is 7.44. The van der Waals surface area contributed by atoms with Crippen molar-refractivity contribution in [1.82, 2.24) is 4.90 Å². The quantitative estimate of drug-likeness (QED) is 0.763. The third-order valence-electron chi connectivity index (χ3n) is 4.26. The van der Waals surface area contributed by atoms with Gasteiger partial charge in [0, 0.05) is 23.9 Å². The van der Waals surface area contributed by atoms with E-state index in [2.05, 4.69) is 5.32 Å². The maximum Gasteiger partial charge on any atom is 0.409 e. The predicted octanol–water partition coefficient (Wildman–Crippen LogP) is 3.29. The van der Waals surface area contributed by atoms with Gasteiger partial charge in [0.15, 0.2) is 0 Å². The minimum atomic E-state index is -0.420. The third kappa shape index (κ3) is 4.97. The van der Waals surface area contributed by atoms with Gasteiger partial charge < -0.3 is 19.7 Å². The van der Waals surface area contributed by atoms with Crippen molar-refractivity contribution >= 4 is 34.3 Å². The van der Waals surface area contributed by atoms with Crippen molar-refractivity contribution in [3.8, 4) is 0 Å². The van der Waals surface area contributed by atoms with Crippen LogP contribution in [-0.4, -0.2) is 49.2 Å². The summed E-state index contributed by atoms with van der Waals surface area (Å²) in [6.07, 6.45) is 1.60. The number of rotatable bonds is 6. The Hall–Kier alpha value is -2.09. The maximum absolute atomic E-state index is 12.6. The van der Waals surface area contributed by atoms with E-state index in [1.54, 1.807) is 24.8 Å². The molecule has 1 saturated heterocycles. The van der Waals surface area contributed by atoms with Gasteiger partial charge in [-0.1, -0.05) is 6.92 Å². The van der Waals surface area contributed by atoms with Gasteiger partial charge in [0.1, 0.15) is 5.00 Å². The number of hydrogen-bond donors (Lipinski definition) is 1. The van der Waals surface area contributed by atoms with Gasteiger partial charge in [0.25, 0.3) is 0 Å². The number of hydrogen-bond acceptors (Lipinski definition) is 6. The molecular formula is C18H26N2O5S. The molecule has 1 N–H and O–H groups in total. The van der Waals surface area contributed by atoms with Gasteiger partial charge >= 0.3 is 12.1 Å².